The maximum atomic E-state index is 13.9. The van der Waals surface area contributed by atoms with Crippen LogP contribution in [0, 0.1) is 5.82 Å². The fraction of sp³-hybridized carbons (Fsp3) is 0.176. The van der Waals surface area contributed by atoms with Crippen LogP contribution in [0.5, 0.6) is 0 Å². The third-order valence-electron chi connectivity index (χ3n) is 4.08. The Kier molecular flexibility index (Phi) is 3.13. The summed E-state index contributed by atoms with van der Waals surface area (Å²) >= 11 is 5.78. The molecule has 0 saturated carbocycles. The first-order valence-corrected chi connectivity index (χ1v) is 7.67. The van der Waals surface area contributed by atoms with E-state index in [1.165, 1.54) is 12.1 Å². The van der Waals surface area contributed by atoms with Crippen molar-refractivity contribution in [2.24, 2.45) is 0 Å². The molecule has 0 spiro atoms. The number of aromatic nitrogens is 2. The number of nitrogens with one attached hydrogen (secondary N) is 1. The van der Waals surface area contributed by atoms with Crippen LogP contribution < -0.4 is 5.32 Å². The predicted octanol–water partition coefficient (Wildman–Crippen LogP) is 3.63. The molecule has 1 N–H and O–H groups in total. The second-order valence-corrected chi connectivity index (χ2v) is 6.12. The molecule has 0 aliphatic carbocycles. The zero-order valence-electron chi connectivity index (χ0n) is 12.3. The van der Waals surface area contributed by atoms with Crippen molar-refractivity contribution in [2.45, 2.75) is 19.5 Å². The van der Waals surface area contributed by atoms with Gasteiger partial charge in [-0.05, 0) is 36.8 Å². The largest absolute Gasteiger partial charge is 0.346 e. The molecule has 0 bridgehead atoms. The van der Waals surface area contributed by atoms with Crippen LogP contribution in [0.1, 0.15) is 17.4 Å². The average molecular weight is 330 g/mol. The third kappa shape index (κ3) is 2.11. The van der Waals surface area contributed by atoms with Crippen LogP contribution in [-0.4, -0.2) is 21.5 Å². The summed E-state index contributed by atoms with van der Waals surface area (Å²) in [6, 6.07) is 8.33. The topological polar surface area (TPSA) is 46.9 Å². The Labute approximate surface area is 136 Å². The number of benzene rings is 1. The lowest BCUT2D eigenvalue weighted by Crippen LogP contribution is -2.42. The quantitative estimate of drug-likeness (QED) is 0.741. The van der Waals surface area contributed by atoms with Crippen LogP contribution in [0.25, 0.3) is 22.2 Å². The number of amides is 1. The summed E-state index contributed by atoms with van der Waals surface area (Å²) in [7, 11) is 0. The summed E-state index contributed by atoms with van der Waals surface area (Å²) in [5.74, 6) is -0.690. The first-order chi connectivity index (χ1) is 11.1. The Hall–Kier alpha value is -2.40. The minimum atomic E-state index is -0.516. The molecule has 0 fully saturated rings. The molecule has 1 aliphatic rings. The minimum absolute atomic E-state index is 0.0283. The monoisotopic (exact) mass is 329 g/mol. The summed E-state index contributed by atoms with van der Waals surface area (Å²) < 4.78 is 15.9. The van der Waals surface area contributed by atoms with E-state index in [4.69, 9.17) is 11.6 Å². The SMILES string of the molecule is C[C@H]1Cn2c(c(-c3ccc(Cl)c(F)c3)c3ncccc32)C(=O)N1. The molecule has 1 atom stereocenters. The second-order valence-electron chi connectivity index (χ2n) is 5.71. The zero-order valence-corrected chi connectivity index (χ0v) is 13.1. The molecule has 116 valence electrons. The van der Waals surface area contributed by atoms with Gasteiger partial charge in [0, 0.05) is 24.3 Å². The summed E-state index contributed by atoms with van der Waals surface area (Å²) in [4.78, 5) is 16.9. The highest BCUT2D eigenvalue weighted by molar-refractivity contribution is 6.30. The van der Waals surface area contributed by atoms with Crippen LogP contribution >= 0.6 is 11.6 Å². The molecule has 4 nitrogen and oxygen atoms in total. The van der Waals surface area contributed by atoms with E-state index >= 15 is 0 Å². The molecule has 0 radical (unpaired) electrons. The highest BCUT2D eigenvalue weighted by Crippen LogP contribution is 2.36. The first-order valence-electron chi connectivity index (χ1n) is 7.29. The van der Waals surface area contributed by atoms with Crippen LogP contribution in [0.15, 0.2) is 36.5 Å². The normalized spacial score (nSPS) is 17.2. The van der Waals surface area contributed by atoms with Crippen molar-refractivity contribution in [3.63, 3.8) is 0 Å². The molecule has 1 aliphatic heterocycles. The second kappa shape index (κ2) is 5.06. The molecular formula is C17H13ClFN3O. The van der Waals surface area contributed by atoms with Crippen molar-refractivity contribution in [2.75, 3.05) is 0 Å². The maximum absolute atomic E-state index is 13.9. The van der Waals surface area contributed by atoms with Gasteiger partial charge in [0.2, 0.25) is 0 Å². The van der Waals surface area contributed by atoms with E-state index in [0.29, 0.717) is 28.9 Å². The summed E-state index contributed by atoms with van der Waals surface area (Å²) in [6.07, 6.45) is 1.67. The van der Waals surface area contributed by atoms with E-state index in [9.17, 15) is 9.18 Å². The van der Waals surface area contributed by atoms with Gasteiger partial charge in [0.1, 0.15) is 11.5 Å². The Balaban J connectivity index is 2.08. The summed E-state index contributed by atoms with van der Waals surface area (Å²) in [5, 5.41) is 2.98. The highest BCUT2D eigenvalue weighted by Gasteiger charge is 2.29. The van der Waals surface area contributed by atoms with Crippen molar-refractivity contribution in [3.05, 3.63) is 53.1 Å². The molecule has 1 aromatic carbocycles. The lowest BCUT2D eigenvalue weighted by molar-refractivity contribution is 0.0908. The van der Waals surface area contributed by atoms with E-state index in [-0.39, 0.29) is 17.0 Å². The smallest absolute Gasteiger partial charge is 0.268 e. The number of halogens is 2. The van der Waals surface area contributed by atoms with Crippen molar-refractivity contribution in [1.29, 1.82) is 0 Å². The standard InChI is InChI=1S/C17H13ClFN3O/c1-9-8-22-13-3-2-6-20-15(13)14(16(22)17(23)21-9)10-4-5-11(18)12(19)7-10/h2-7,9H,8H2,1H3,(H,21,23)/t9-/m0/s1. The van der Waals surface area contributed by atoms with Gasteiger partial charge >= 0.3 is 0 Å². The summed E-state index contributed by atoms with van der Waals surface area (Å²) in [5.41, 5.74) is 3.30. The van der Waals surface area contributed by atoms with Gasteiger partial charge in [-0.1, -0.05) is 17.7 Å². The number of pyridine rings is 1. The van der Waals surface area contributed by atoms with Crippen LogP contribution in [0.3, 0.4) is 0 Å². The van der Waals surface area contributed by atoms with Crippen LogP contribution in [-0.2, 0) is 6.54 Å². The zero-order chi connectivity index (χ0) is 16.1. The number of carbonyl (C=O) groups excluding carboxylic acids is 1. The van der Waals surface area contributed by atoms with Gasteiger partial charge in [-0.15, -0.1) is 0 Å². The van der Waals surface area contributed by atoms with E-state index in [1.54, 1.807) is 12.3 Å². The number of hydrogen-bond donors (Lipinski definition) is 1. The van der Waals surface area contributed by atoms with Gasteiger partial charge in [-0.2, -0.15) is 0 Å². The van der Waals surface area contributed by atoms with Crippen molar-refractivity contribution in [1.82, 2.24) is 14.9 Å². The van der Waals surface area contributed by atoms with Gasteiger partial charge in [0.05, 0.1) is 16.1 Å². The number of nitrogens with zero attached hydrogens (tertiary/aromatic N) is 2. The predicted molar refractivity (Wildman–Crippen MR) is 87.1 cm³/mol. The van der Waals surface area contributed by atoms with Gasteiger partial charge in [-0.25, -0.2) is 4.39 Å². The Morgan fingerprint density at radius 2 is 2.22 bits per heavy atom. The van der Waals surface area contributed by atoms with E-state index in [2.05, 4.69) is 10.3 Å². The fourth-order valence-corrected chi connectivity index (χ4v) is 3.25. The average Bonchev–Trinajstić information content (AvgIpc) is 2.85. The lowest BCUT2D eigenvalue weighted by atomic mass is 10.0. The first kappa shape index (κ1) is 14.2. The molecule has 2 aromatic heterocycles. The molecule has 0 saturated heterocycles. The minimum Gasteiger partial charge on any atom is -0.346 e. The van der Waals surface area contributed by atoms with Crippen LogP contribution in [0.4, 0.5) is 4.39 Å². The summed E-state index contributed by atoms with van der Waals surface area (Å²) in [6.45, 7) is 2.60. The van der Waals surface area contributed by atoms with Gasteiger partial charge in [-0.3, -0.25) is 9.78 Å². The van der Waals surface area contributed by atoms with E-state index in [0.717, 1.165) is 5.52 Å². The van der Waals surface area contributed by atoms with Crippen LogP contribution in [0.2, 0.25) is 5.02 Å². The number of fused-ring (bicyclic) bond motifs is 3. The lowest BCUT2D eigenvalue weighted by Gasteiger charge is -2.23. The van der Waals surface area contributed by atoms with Gasteiger partial charge in [0.15, 0.2) is 0 Å². The molecule has 3 aromatic rings. The molecule has 1 amide bonds. The number of hydrogen-bond acceptors (Lipinski definition) is 2. The molecular weight excluding hydrogens is 317 g/mol. The molecule has 0 unspecified atom stereocenters. The Bertz CT molecular complexity index is 950. The van der Waals surface area contributed by atoms with Crippen molar-refractivity contribution in [3.8, 4) is 11.1 Å². The number of rotatable bonds is 1. The van der Waals surface area contributed by atoms with Crippen molar-refractivity contribution >= 4 is 28.5 Å². The maximum Gasteiger partial charge on any atom is 0.268 e. The van der Waals surface area contributed by atoms with E-state index in [1.807, 2.05) is 23.6 Å². The highest BCUT2D eigenvalue weighted by atomic mass is 35.5. The van der Waals surface area contributed by atoms with Gasteiger partial charge in [0.25, 0.3) is 5.91 Å². The Morgan fingerprint density at radius 3 is 3.00 bits per heavy atom. The van der Waals surface area contributed by atoms with Gasteiger partial charge < -0.3 is 9.88 Å². The van der Waals surface area contributed by atoms with Crippen molar-refractivity contribution < 1.29 is 9.18 Å². The molecule has 23 heavy (non-hydrogen) atoms. The Morgan fingerprint density at radius 1 is 1.39 bits per heavy atom. The third-order valence-corrected chi connectivity index (χ3v) is 4.38. The molecule has 4 rings (SSSR count). The van der Waals surface area contributed by atoms with E-state index < -0.39 is 5.82 Å². The fourth-order valence-electron chi connectivity index (χ4n) is 3.14. The number of carbonyl (C=O) groups is 1. The molecule has 3 heterocycles. The molecule has 6 heteroatoms.